The highest BCUT2D eigenvalue weighted by atomic mass is 32.2. The van der Waals surface area contributed by atoms with E-state index in [-0.39, 0.29) is 21.5 Å². The van der Waals surface area contributed by atoms with Crippen LogP contribution < -0.4 is 4.74 Å². The van der Waals surface area contributed by atoms with Crippen LogP contribution in [-0.4, -0.2) is 44.8 Å². The Morgan fingerprint density at radius 1 is 1.27 bits per heavy atom. The van der Waals surface area contributed by atoms with E-state index in [2.05, 4.69) is 9.97 Å². The Kier molecular flexibility index (Phi) is 4.63. The lowest BCUT2D eigenvalue weighted by atomic mass is 10.0. The molecule has 0 aliphatic carbocycles. The van der Waals surface area contributed by atoms with E-state index < -0.39 is 26.8 Å². The van der Waals surface area contributed by atoms with Gasteiger partial charge in [0.25, 0.3) is 0 Å². The summed E-state index contributed by atoms with van der Waals surface area (Å²) in [6.07, 6.45) is 2.29. The number of esters is 1. The van der Waals surface area contributed by atoms with Crippen LogP contribution >= 0.6 is 11.3 Å². The van der Waals surface area contributed by atoms with Crippen LogP contribution in [0.3, 0.4) is 0 Å². The summed E-state index contributed by atoms with van der Waals surface area (Å²) in [7, 11) is -1.05. The first-order valence-electron chi connectivity index (χ1n) is 7.18. The van der Waals surface area contributed by atoms with Gasteiger partial charge in [-0.05, 0) is 18.2 Å². The van der Waals surface area contributed by atoms with Gasteiger partial charge in [0.15, 0.2) is 0 Å². The standard InChI is InChI=1S/C16H13FN2O5S2/c1-23-10-5-4-8(17)6-9(10)12-13-11(25-14(12)15(20)24-2)7-18-16(19-13)26(3,21)22/h4-7H,1-3H3. The van der Waals surface area contributed by atoms with Crippen molar-refractivity contribution in [2.24, 2.45) is 0 Å². The van der Waals surface area contributed by atoms with Crippen LogP contribution in [0.1, 0.15) is 9.67 Å². The van der Waals surface area contributed by atoms with Gasteiger partial charge in [0.05, 0.1) is 24.4 Å². The molecule has 26 heavy (non-hydrogen) atoms. The number of rotatable bonds is 4. The second kappa shape index (κ2) is 6.61. The zero-order chi connectivity index (χ0) is 19.1. The fourth-order valence-corrected chi connectivity index (χ4v) is 3.96. The van der Waals surface area contributed by atoms with Gasteiger partial charge in [0.2, 0.25) is 15.0 Å². The van der Waals surface area contributed by atoms with Crippen LogP contribution in [0.25, 0.3) is 21.3 Å². The lowest BCUT2D eigenvalue weighted by molar-refractivity contribution is 0.0607. The molecule has 0 N–H and O–H groups in total. The number of aromatic nitrogens is 2. The number of benzene rings is 1. The molecule has 0 spiro atoms. The van der Waals surface area contributed by atoms with Gasteiger partial charge in [-0.25, -0.2) is 27.6 Å². The molecule has 2 heterocycles. The molecule has 10 heteroatoms. The van der Waals surface area contributed by atoms with E-state index >= 15 is 0 Å². The molecule has 0 fully saturated rings. The Bertz CT molecular complexity index is 1130. The highest BCUT2D eigenvalue weighted by Crippen LogP contribution is 2.42. The van der Waals surface area contributed by atoms with Crippen molar-refractivity contribution in [2.75, 3.05) is 20.5 Å². The SMILES string of the molecule is COC(=O)c1sc2cnc(S(C)(=O)=O)nc2c1-c1cc(F)ccc1OC. The summed E-state index contributed by atoms with van der Waals surface area (Å²) in [4.78, 5) is 20.3. The third-order valence-corrected chi connectivity index (χ3v) is 5.50. The summed E-state index contributed by atoms with van der Waals surface area (Å²) in [6, 6.07) is 3.81. The van der Waals surface area contributed by atoms with Crippen molar-refractivity contribution in [1.29, 1.82) is 0 Å². The zero-order valence-corrected chi connectivity index (χ0v) is 15.6. The van der Waals surface area contributed by atoms with Gasteiger partial charge >= 0.3 is 5.97 Å². The third kappa shape index (κ3) is 3.13. The maximum Gasteiger partial charge on any atom is 0.348 e. The highest BCUT2D eigenvalue weighted by molar-refractivity contribution is 7.90. The number of carbonyl (C=O) groups excluding carboxylic acids is 1. The quantitative estimate of drug-likeness (QED) is 0.494. The number of thiophene rings is 1. The first-order valence-corrected chi connectivity index (χ1v) is 9.89. The van der Waals surface area contributed by atoms with Crippen molar-refractivity contribution in [1.82, 2.24) is 9.97 Å². The third-order valence-electron chi connectivity index (χ3n) is 3.54. The average Bonchev–Trinajstić information content (AvgIpc) is 2.98. The minimum Gasteiger partial charge on any atom is -0.496 e. The van der Waals surface area contributed by atoms with Crippen LogP contribution in [0.4, 0.5) is 4.39 Å². The van der Waals surface area contributed by atoms with Gasteiger partial charge in [-0.15, -0.1) is 11.3 Å². The number of fused-ring (bicyclic) bond motifs is 1. The Morgan fingerprint density at radius 3 is 2.62 bits per heavy atom. The summed E-state index contributed by atoms with van der Waals surface area (Å²) < 4.78 is 48.0. The van der Waals surface area contributed by atoms with Gasteiger partial charge in [-0.1, -0.05) is 0 Å². The first kappa shape index (κ1) is 18.2. The van der Waals surface area contributed by atoms with E-state index in [0.29, 0.717) is 10.4 Å². The number of methoxy groups -OCH3 is 2. The molecule has 1 aromatic carbocycles. The van der Waals surface area contributed by atoms with E-state index in [9.17, 15) is 17.6 Å². The largest absolute Gasteiger partial charge is 0.496 e. The number of ether oxygens (including phenoxy) is 2. The molecular weight excluding hydrogens is 383 g/mol. The normalized spacial score (nSPS) is 11.5. The van der Waals surface area contributed by atoms with E-state index in [4.69, 9.17) is 9.47 Å². The molecule has 2 aromatic heterocycles. The van der Waals surface area contributed by atoms with Gasteiger partial charge in [0.1, 0.15) is 16.4 Å². The number of halogens is 1. The van der Waals surface area contributed by atoms with Gasteiger partial charge in [-0.3, -0.25) is 0 Å². The van der Waals surface area contributed by atoms with Crippen molar-refractivity contribution < 1.29 is 27.1 Å². The molecule has 3 rings (SSSR count). The van der Waals surface area contributed by atoms with Crippen molar-refractivity contribution in [3.05, 3.63) is 35.1 Å². The van der Waals surface area contributed by atoms with Crippen LogP contribution in [0.5, 0.6) is 5.75 Å². The minimum absolute atomic E-state index is 0.145. The first-order chi connectivity index (χ1) is 12.3. The number of nitrogens with zero attached hydrogens (tertiary/aromatic N) is 2. The van der Waals surface area contributed by atoms with E-state index in [1.165, 1.54) is 38.6 Å². The molecule has 0 atom stereocenters. The van der Waals surface area contributed by atoms with E-state index in [1.807, 2.05) is 0 Å². The van der Waals surface area contributed by atoms with E-state index in [1.54, 1.807) is 0 Å². The van der Waals surface area contributed by atoms with Gasteiger partial charge in [-0.2, -0.15) is 0 Å². The molecule has 0 amide bonds. The molecule has 0 unspecified atom stereocenters. The van der Waals surface area contributed by atoms with Crippen molar-refractivity contribution in [2.45, 2.75) is 5.16 Å². The van der Waals surface area contributed by atoms with Crippen molar-refractivity contribution >= 4 is 37.4 Å². The van der Waals surface area contributed by atoms with Gasteiger partial charge < -0.3 is 9.47 Å². The summed E-state index contributed by atoms with van der Waals surface area (Å²) in [5, 5.41) is -0.393. The minimum atomic E-state index is -3.67. The monoisotopic (exact) mass is 396 g/mol. The van der Waals surface area contributed by atoms with E-state index in [0.717, 1.165) is 17.6 Å². The van der Waals surface area contributed by atoms with Crippen molar-refractivity contribution in [3.8, 4) is 16.9 Å². The van der Waals surface area contributed by atoms with Crippen LogP contribution in [0.2, 0.25) is 0 Å². The molecule has 136 valence electrons. The maximum absolute atomic E-state index is 13.9. The molecule has 7 nitrogen and oxygen atoms in total. The van der Waals surface area contributed by atoms with Crippen LogP contribution in [0, 0.1) is 5.82 Å². The highest BCUT2D eigenvalue weighted by Gasteiger charge is 2.26. The summed E-state index contributed by atoms with van der Waals surface area (Å²) in [5.74, 6) is -0.903. The molecule has 0 aliphatic rings. The summed E-state index contributed by atoms with van der Waals surface area (Å²) in [6.45, 7) is 0. The van der Waals surface area contributed by atoms with Crippen molar-refractivity contribution in [3.63, 3.8) is 0 Å². The molecule has 3 aromatic rings. The molecule has 0 saturated carbocycles. The second-order valence-corrected chi connectivity index (χ2v) is 8.24. The Morgan fingerprint density at radius 2 is 2.00 bits per heavy atom. The Labute approximate surface area is 152 Å². The number of hydrogen-bond donors (Lipinski definition) is 0. The summed E-state index contributed by atoms with van der Waals surface area (Å²) in [5.41, 5.74) is 0.701. The Hall–Kier alpha value is -2.59. The molecule has 0 aliphatic heterocycles. The lowest BCUT2D eigenvalue weighted by Gasteiger charge is -2.09. The predicted octanol–water partition coefficient (Wildman–Crippen LogP) is 2.70. The smallest absolute Gasteiger partial charge is 0.348 e. The van der Waals surface area contributed by atoms with Crippen LogP contribution in [0.15, 0.2) is 29.6 Å². The fraction of sp³-hybridized carbons (Fsp3) is 0.188. The lowest BCUT2D eigenvalue weighted by Crippen LogP contribution is -2.04. The fourth-order valence-electron chi connectivity index (χ4n) is 2.42. The number of sulfone groups is 1. The predicted molar refractivity (Wildman–Crippen MR) is 93.8 cm³/mol. The van der Waals surface area contributed by atoms with Gasteiger partial charge in [0, 0.05) is 23.6 Å². The molecule has 0 saturated heterocycles. The molecule has 0 bridgehead atoms. The topological polar surface area (TPSA) is 95.5 Å². The van der Waals surface area contributed by atoms with Crippen LogP contribution in [-0.2, 0) is 14.6 Å². The number of carbonyl (C=O) groups is 1. The number of hydrogen-bond acceptors (Lipinski definition) is 8. The summed E-state index contributed by atoms with van der Waals surface area (Å²) >= 11 is 1.02. The zero-order valence-electron chi connectivity index (χ0n) is 13.9. The molecule has 0 radical (unpaired) electrons. The maximum atomic E-state index is 13.9. The molecular formula is C16H13FN2O5S2. The second-order valence-electron chi connectivity index (χ2n) is 5.28. The average molecular weight is 396 g/mol. The Balaban J connectivity index is 2.44.